The van der Waals surface area contributed by atoms with E-state index in [4.69, 9.17) is 9.47 Å². The summed E-state index contributed by atoms with van der Waals surface area (Å²) in [5.41, 5.74) is 3.32. The number of hydrogen-bond acceptors (Lipinski definition) is 5. The van der Waals surface area contributed by atoms with E-state index in [0.717, 1.165) is 25.8 Å². The topological polar surface area (TPSA) is 71.0 Å². The summed E-state index contributed by atoms with van der Waals surface area (Å²) in [6, 6.07) is 4.06. The van der Waals surface area contributed by atoms with Gasteiger partial charge in [0.05, 0.1) is 16.6 Å². The molecule has 164 valence electrons. The highest BCUT2D eigenvalue weighted by Crippen LogP contribution is 2.63. The maximum atomic E-state index is 11.8. The van der Waals surface area contributed by atoms with Crippen molar-refractivity contribution < 1.29 is 19.7 Å². The van der Waals surface area contributed by atoms with Crippen LogP contribution in [0, 0.1) is 11.3 Å². The lowest BCUT2D eigenvalue weighted by atomic mass is 9.49. The van der Waals surface area contributed by atoms with Crippen LogP contribution in [0.1, 0.15) is 58.6 Å². The smallest absolute Gasteiger partial charge is 0.165 e. The number of ether oxygens (including phenoxy) is 2. The highest BCUT2D eigenvalue weighted by atomic mass is 16.5. The second kappa shape index (κ2) is 6.02. The summed E-state index contributed by atoms with van der Waals surface area (Å²) < 4.78 is 12.1. The molecule has 5 heteroatoms. The first kappa shape index (κ1) is 20.3. The fourth-order valence-electron chi connectivity index (χ4n) is 6.71. The summed E-state index contributed by atoms with van der Waals surface area (Å²) in [5, 5.41) is 26.0. The Hall–Kier alpha value is -1.56. The number of piperidine rings is 1. The Morgan fingerprint density at radius 2 is 1.97 bits per heavy atom. The molecule has 2 aliphatic heterocycles. The molecule has 30 heavy (non-hydrogen) atoms. The van der Waals surface area contributed by atoms with Gasteiger partial charge >= 0.3 is 0 Å². The van der Waals surface area contributed by atoms with Crippen LogP contribution < -0.4 is 10.1 Å². The van der Waals surface area contributed by atoms with Gasteiger partial charge in [0.15, 0.2) is 11.5 Å². The number of fused-ring (bicyclic) bond motifs is 1. The molecule has 2 heterocycles. The minimum atomic E-state index is -0.926. The van der Waals surface area contributed by atoms with E-state index >= 15 is 0 Å². The van der Waals surface area contributed by atoms with Gasteiger partial charge in [-0.15, -0.1) is 0 Å². The zero-order valence-electron chi connectivity index (χ0n) is 19.1. The molecule has 3 N–H and O–H groups in total. The molecular formula is C25H35NO4. The SMILES string of the molecule is CO[C@]1(C)C/C(=C2\C3Cc4ccc(O)c5c4C2(CCN3)CO5)[C@@H]1[C@@](C)(O)C(C)(C)C. The van der Waals surface area contributed by atoms with Crippen LogP contribution in [0.2, 0.25) is 0 Å². The summed E-state index contributed by atoms with van der Waals surface area (Å²) in [4.78, 5) is 0. The molecule has 5 atom stereocenters. The lowest BCUT2D eigenvalue weighted by Crippen LogP contribution is -2.65. The molecular weight excluding hydrogens is 378 g/mol. The number of methoxy groups -OCH3 is 1. The standard InChI is InChI=1S/C25H35NO4/c1-22(2,3)24(5,28)21-15(12-23(21,4)29-6)19-16-11-14-7-8-17(27)20-18(14)25(19,13-30-20)9-10-26-16/h7-8,16,21,26-28H,9-13H2,1-6H3/b19-15-/t16?,21-,23+,24+,25?/m0/s1. The maximum absolute atomic E-state index is 11.8. The molecule has 1 saturated heterocycles. The van der Waals surface area contributed by atoms with Crippen LogP contribution in [0.4, 0.5) is 0 Å². The number of phenols is 1. The van der Waals surface area contributed by atoms with Crippen molar-refractivity contribution in [3.63, 3.8) is 0 Å². The molecule has 1 aromatic rings. The number of benzene rings is 1. The van der Waals surface area contributed by atoms with Gasteiger partial charge in [0.2, 0.25) is 0 Å². The Labute approximate surface area is 179 Å². The van der Waals surface area contributed by atoms with E-state index in [-0.39, 0.29) is 28.5 Å². The molecule has 4 aliphatic rings. The zero-order valence-corrected chi connectivity index (χ0v) is 19.1. The second-order valence-corrected chi connectivity index (χ2v) is 11.2. The fraction of sp³-hybridized carbons (Fsp3) is 0.680. The summed E-state index contributed by atoms with van der Waals surface area (Å²) in [6.07, 6.45) is 2.65. The van der Waals surface area contributed by atoms with Crippen molar-refractivity contribution >= 4 is 0 Å². The Bertz CT molecular complexity index is 943. The molecule has 5 rings (SSSR count). The maximum Gasteiger partial charge on any atom is 0.165 e. The normalized spacial score (nSPS) is 39.0. The predicted octanol–water partition coefficient (Wildman–Crippen LogP) is 3.46. The molecule has 1 spiro atoms. The first-order chi connectivity index (χ1) is 14.0. The molecule has 5 nitrogen and oxygen atoms in total. The Kier molecular flexibility index (Phi) is 4.08. The van der Waals surface area contributed by atoms with E-state index in [9.17, 15) is 10.2 Å². The van der Waals surface area contributed by atoms with Gasteiger partial charge in [-0.2, -0.15) is 0 Å². The van der Waals surface area contributed by atoms with E-state index in [1.807, 2.05) is 6.92 Å². The quantitative estimate of drug-likeness (QED) is 0.648. The summed E-state index contributed by atoms with van der Waals surface area (Å²) >= 11 is 0. The lowest BCUT2D eigenvalue weighted by Gasteiger charge is -2.61. The van der Waals surface area contributed by atoms with E-state index < -0.39 is 11.2 Å². The summed E-state index contributed by atoms with van der Waals surface area (Å²) in [7, 11) is 1.76. The largest absolute Gasteiger partial charge is 0.504 e. The minimum Gasteiger partial charge on any atom is -0.504 e. The van der Waals surface area contributed by atoms with Crippen molar-refractivity contribution in [2.24, 2.45) is 11.3 Å². The Balaban J connectivity index is 1.74. The van der Waals surface area contributed by atoms with Gasteiger partial charge in [-0.25, -0.2) is 0 Å². The van der Waals surface area contributed by atoms with Gasteiger partial charge in [0.25, 0.3) is 0 Å². The van der Waals surface area contributed by atoms with Gasteiger partial charge < -0.3 is 25.0 Å². The van der Waals surface area contributed by atoms with Crippen molar-refractivity contribution in [2.45, 2.75) is 76.5 Å². The highest BCUT2D eigenvalue weighted by Gasteiger charge is 2.63. The minimum absolute atomic E-state index is 0.0906. The van der Waals surface area contributed by atoms with Crippen LogP contribution in [0.15, 0.2) is 23.3 Å². The molecule has 1 saturated carbocycles. The van der Waals surface area contributed by atoms with Crippen molar-refractivity contribution in [1.29, 1.82) is 0 Å². The lowest BCUT2D eigenvalue weighted by molar-refractivity contribution is -0.186. The molecule has 2 unspecified atom stereocenters. The third-order valence-corrected chi connectivity index (χ3v) is 8.79. The Morgan fingerprint density at radius 1 is 1.23 bits per heavy atom. The molecule has 2 fully saturated rings. The van der Waals surface area contributed by atoms with Gasteiger partial charge in [-0.1, -0.05) is 32.4 Å². The first-order valence-corrected chi connectivity index (χ1v) is 11.2. The van der Waals surface area contributed by atoms with E-state index in [2.05, 4.69) is 39.1 Å². The number of rotatable bonds is 2. The predicted molar refractivity (Wildman–Crippen MR) is 116 cm³/mol. The number of hydrogen-bond donors (Lipinski definition) is 3. The average molecular weight is 414 g/mol. The summed E-state index contributed by atoms with van der Waals surface area (Å²) in [5.74, 6) is 0.812. The van der Waals surface area contributed by atoms with Crippen LogP contribution in [0.5, 0.6) is 11.5 Å². The van der Waals surface area contributed by atoms with Crippen molar-refractivity contribution in [2.75, 3.05) is 20.3 Å². The average Bonchev–Trinajstić information content (AvgIpc) is 3.01. The molecule has 1 aromatic carbocycles. The van der Waals surface area contributed by atoms with E-state index in [1.165, 1.54) is 22.3 Å². The third kappa shape index (κ3) is 2.34. The van der Waals surface area contributed by atoms with Crippen LogP contribution in [0.3, 0.4) is 0 Å². The van der Waals surface area contributed by atoms with Crippen molar-refractivity contribution in [1.82, 2.24) is 5.32 Å². The fourth-order valence-corrected chi connectivity index (χ4v) is 6.71. The monoisotopic (exact) mass is 413 g/mol. The van der Waals surface area contributed by atoms with Crippen LogP contribution in [0.25, 0.3) is 0 Å². The van der Waals surface area contributed by atoms with Crippen LogP contribution in [-0.2, 0) is 16.6 Å². The van der Waals surface area contributed by atoms with Gasteiger partial charge in [0, 0.05) is 24.6 Å². The second-order valence-electron chi connectivity index (χ2n) is 11.2. The third-order valence-electron chi connectivity index (χ3n) is 8.79. The van der Waals surface area contributed by atoms with Crippen LogP contribution >= 0.6 is 0 Å². The van der Waals surface area contributed by atoms with Gasteiger partial charge in [-0.3, -0.25) is 0 Å². The highest BCUT2D eigenvalue weighted by molar-refractivity contribution is 5.65. The first-order valence-electron chi connectivity index (χ1n) is 11.2. The number of nitrogens with one attached hydrogen (secondary N) is 1. The Morgan fingerprint density at radius 3 is 2.63 bits per heavy atom. The molecule has 2 aliphatic carbocycles. The molecule has 0 amide bonds. The van der Waals surface area contributed by atoms with E-state index in [1.54, 1.807) is 13.2 Å². The van der Waals surface area contributed by atoms with Gasteiger partial charge in [0.1, 0.15) is 6.61 Å². The number of aliphatic hydroxyl groups is 1. The zero-order chi connectivity index (χ0) is 21.7. The molecule has 0 aromatic heterocycles. The van der Waals surface area contributed by atoms with Crippen molar-refractivity contribution in [3.05, 3.63) is 34.4 Å². The van der Waals surface area contributed by atoms with E-state index in [0.29, 0.717) is 12.4 Å². The van der Waals surface area contributed by atoms with Crippen molar-refractivity contribution in [3.8, 4) is 11.5 Å². The van der Waals surface area contributed by atoms with Gasteiger partial charge in [-0.05, 0) is 62.3 Å². The summed E-state index contributed by atoms with van der Waals surface area (Å²) in [6.45, 7) is 11.9. The number of aromatic hydroxyl groups is 1. The molecule has 0 radical (unpaired) electrons. The molecule has 2 bridgehead atoms. The number of phenolic OH excluding ortho intramolecular Hbond substituents is 1. The van der Waals surface area contributed by atoms with Crippen LogP contribution in [-0.4, -0.2) is 47.7 Å².